The molecule has 2 N–H and O–H groups in total. The van der Waals surface area contributed by atoms with Crippen molar-refractivity contribution < 1.29 is 0 Å². The average Bonchev–Trinajstić information content (AvgIpc) is 2.85. The highest BCUT2D eigenvalue weighted by Crippen LogP contribution is 2.32. The molecule has 0 bridgehead atoms. The van der Waals surface area contributed by atoms with Gasteiger partial charge >= 0.3 is 0 Å². The molecule has 3 aromatic heterocycles. The molecule has 0 saturated carbocycles. The Bertz CT molecular complexity index is 1240. The molecule has 110 valence electrons. The molecule has 5 aromatic rings. The number of nitrogen functional groups attached to an aromatic ring is 1. The second kappa shape index (κ2) is 4.30. The third kappa shape index (κ3) is 1.59. The molecule has 3 heterocycles. The molecule has 0 amide bonds. The number of nitrogens with zero attached hydrogens (tertiary/aromatic N) is 4. The first kappa shape index (κ1) is 12.6. The van der Waals surface area contributed by atoms with E-state index in [1.807, 2.05) is 52.9 Å². The monoisotopic (exact) mass is 319 g/mol. The van der Waals surface area contributed by atoms with Gasteiger partial charge in [0.25, 0.3) is 0 Å². The summed E-state index contributed by atoms with van der Waals surface area (Å²) in [6, 6.07) is 15.5. The van der Waals surface area contributed by atoms with Crippen molar-refractivity contribution in [3.05, 3.63) is 53.7 Å². The molecule has 5 nitrogen and oxygen atoms in total. The van der Waals surface area contributed by atoms with E-state index in [0.29, 0.717) is 27.7 Å². The van der Waals surface area contributed by atoms with Gasteiger partial charge < -0.3 is 5.73 Å². The standard InChI is InChI=1S/C17H10ClN5/c18-15-9-5-1-4-8-12(9)23-16(22-15)13(19)14-17(23)21-11-7-3-2-6-10(11)20-14/h1-8H,19H2. The Morgan fingerprint density at radius 1 is 0.826 bits per heavy atom. The fourth-order valence-corrected chi connectivity index (χ4v) is 3.23. The lowest BCUT2D eigenvalue weighted by molar-refractivity contribution is 1.20. The van der Waals surface area contributed by atoms with Crippen LogP contribution >= 0.6 is 11.6 Å². The molecule has 0 aliphatic rings. The van der Waals surface area contributed by atoms with E-state index in [9.17, 15) is 0 Å². The minimum Gasteiger partial charge on any atom is -0.394 e. The Kier molecular flexibility index (Phi) is 2.36. The molecular formula is C17H10ClN5. The summed E-state index contributed by atoms with van der Waals surface area (Å²) < 4.78 is 1.92. The van der Waals surface area contributed by atoms with Crippen LogP contribution in [0, 0.1) is 0 Å². The number of para-hydroxylation sites is 3. The first-order valence-corrected chi connectivity index (χ1v) is 7.52. The number of benzene rings is 2. The number of nitrogens with two attached hydrogens (primary N) is 1. The van der Waals surface area contributed by atoms with Gasteiger partial charge in [0.05, 0.1) is 16.6 Å². The second-order valence-corrected chi connectivity index (χ2v) is 5.74. The Labute approximate surface area is 135 Å². The van der Waals surface area contributed by atoms with Crippen molar-refractivity contribution in [2.45, 2.75) is 0 Å². The van der Waals surface area contributed by atoms with Gasteiger partial charge in [0.2, 0.25) is 0 Å². The molecule has 2 aromatic carbocycles. The van der Waals surface area contributed by atoms with E-state index in [0.717, 1.165) is 21.9 Å². The maximum atomic E-state index is 6.32. The van der Waals surface area contributed by atoms with Gasteiger partial charge in [0, 0.05) is 5.39 Å². The largest absolute Gasteiger partial charge is 0.394 e. The van der Waals surface area contributed by atoms with Crippen LogP contribution in [-0.2, 0) is 0 Å². The number of fused-ring (bicyclic) bond motifs is 6. The van der Waals surface area contributed by atoms with E-state index in [4.69, 9.17) is 22.3 Å². The van der Waals surface area contributed by atoms with E-state index >= 15 is 0 Å². The van der Waals surface area contributed by atoms with Crippen LogP contribution in [-0.4, -0.2) is 19.4 Å². The van der Waals surface area contributed by atoms with Crippen molar-refractivity contribution in [1.82, 2.24) is 19.4 Å². The smallest absolute Gasteiger partial charge is 0.167 e. The number of rotatable bonds is 0. The highest BCUT2D eigenvalue weighted by molar-refractivity contribution is 6.34. The molecule has 0 aliphatic carbocycles. The van der Waals surface area contributed by atoms with Gasteiger partial charge in [0.15, 0.2) is 11.3 Å². The number of halogens is 1. The molecule has 0 aliphatic heterocycles. The quantitative estimate of drug-likeness (QED) is 0.440. The average molecular weight is 320 g/mol. The molecule has 0 spiro atoms. The van der Waals surface area contributed by atoms with Crippen molar-refractivity contribution in [2.24, 2.45) is 0 Å². The summed E-state index contributed by atoms with van der Waals surface area (Å²) in [6.45, 7) is 0. The Hall–Kier alpha value is -2.92. The first-order chi connectivity index (χ1) is 11.2. The van der Waals surface area contributed by atoms with Crippen LogP contribution in [0.4, 0.5) is 5.69 Å². The van der Waals surface area contributed by atoms with Crippen LogP contribution < -0.4 is 5.73 Å². The minimum atomic E-state index is 0.423. The topological polar surface area (TPSA) is 69.1 Å². The van der Waals surface area contributed by atoms with Gasteiger partial charge in [-0.2, -0.15) is 0 Å². The third-order valence-corrected chi connectivity index (χ3v) is 4.33. The first-order valence-electron chi connectivity index (χ1n) is 7.14. The molecule has 23 heavy (non-hydrogen) atoms. The maximum absolute atomic E-state index is 6.32. The summed E-state index contributed by atoms with van der Waals surface area (Å²) in [5.41, 5.74) is 11.2. The summed E-state index contributed by atoms with van der Waals surface area (Å²) in [5.74, 6) is 0. The Morgan fingerprint density at radius 3 is 2.35 bits per heavy atom. The SMILES string of the molecule is Nc1c2nc3ccccc3nc2n2c1nc(Cl)c1ccccc12. The van der Waals surface area contributed by atoms with Crippen molar-refractivity contribution in [3.8, 4) is 0 Å². The van der Waals surface area contributed by atoms with Gasteiger partial charge in [-0.05, 0) is 24.3 Å². The van der Waals surface area contributed by atoms with E-state index < -0.39 is 0 Å². The Balaban J connectivity index is 2.13. The van der Waals surface area contributed by atoms with E-state index in [1.165, 1.54) is 0 Å². The van der Waals surface area contributed by atoms with Crippen LogP contribution in [0.15, 0.2) is 48.5 Å². The van der Waals surface area contributed by atoms with Crippen LogP contribution in [0.1, 0.15) is 0 Å². The molecule has 6 heteroatoms. The van der Waals surface area contributed by atoms with E-state index in [2.05, 4.69) is 9.97 Å². The van der Waals surface area contributed by atoms with Crippen LogP contribution in [0.2, 0.25) is 5.15 Å². The lowest BCUT2D eigenvalue weighted by atomic mass is 10.2. The maximum Gasteiger partial charge on any atom is 0.167 e. The number of anilines is 1. The fraction of sp³-hybridized carbons (Fsp3) is 0. The summed E-state index contributed by atoms with van der Waals surface area (Å²) in [5, 5.41) is 1.28. The van der Waals surface area contributed by atoms with Crippen molar-refractivity contribution in [3.63, 3.8) is 0 Å². The van der Waals surface area contributed by atoms with Gasteiger partial charge in [0.1, 0.15) is 16.4 Å². The lowest BCUT2D eigenvalue weighted by Crippen LogP contribution is -1.95. The zero-order valence-electron chi connectivity index (χ0n) is 11.9. The van der Waals surface area contributed by atoms with Crippen LogP contribution in [0.25, 0.3) is 38.7 Å². The minimum absolute atomic E-state index is 0.423. The normalized spacial score (nSPS) is 11.9. The zero-order chi connectivity index (χ0) is 15.6. The fourth-order valence-electron chi connectivity index (χ4n) is 2.99. The van der Waals surface area contributed by atoms with Crippen LogP contribution in [0.5, 0.6) is 0 Å². The summed E-state index contributed by atoms with van der Waals surface area (Å²) in [6.07, 6.45) is 0. The van der Waals surface area contributed by atoms with E-state index in [1.54, 1.807) is 0 Å². The van der Waals surface area contributed by atoms with Gasteiger partial charge in [-0.3, -0.25) is 4.40 Å². The zero-order valence-corrected chi connectivity index (χ0v) is 12.6. The summed E-state index contributed by atoms with van der Waals surface area (Å²) in [7, 11) is 0. The highest BCUT2D eigenvalue weighted by atomic mass is 35.5. The highest BCUT2D eigenvalue weighted by Gasteiger charge is 2.17. The molecule has 0 saturated heterocycles. The van der Waals surface area contributed by atoms with Gasteiger partial charge in [-0.25, -0.2) is 15.0 Å². The van der Waals surface area contributed by atoms with Crippen molar-refractivity contribution in [1.29, 1.82) is 0 Å². The molecule has 0 fully saturated rings. The van der Waals surface area contributed by atoms with Gasteiger partial charge in [-0.15, -0.1) is 0 Å². The van der Waals surface area contributed by atoms with Crippen LogP contribution in [0.3, 0.4) is 0 Å². The second-order valence-electron chi connectivity index (χ2n) is 5.38. The number of hydrogen-bond donors (Lipinski definition) is 1. The predicted molar refractivity (Wildman–Crippen MR) is 92.7 cm³/mol. The van der Waals surface area contributed by atoms with Gasteiger partial charge in [-0.1, -0.05) is 35.9 Å². The Morgan fingerprint density at radius 2 is 1.52 bits per heavy atom. The predicted octanol–water partition coefficient (Wildman–Crippen LogP) is 3.82. The molecule has 0 unspecified atom stereocenters. The molecule has 0 atom stereocenters. The van der Waals surface area contributed by atoms with Crippen molar-refractivity contribution >= 4 is 56.0 Å². The van der Waals surface area contributed by atoms with E-state index in [-0.39, 0.29) is 0 Å². The molecule has 5 rings (SSSR count). The number of aromatic nitrogens is 4. The summed E-state index contributed by atoms with van der Waals surface area (Å²) in [4.78, 5) is 13.9. The third-order valence-electron chi connectivity index (χ3n) is 4.04. The summed E-state index contributed by atoms with van der Waals surface area (Å²) >= 11 is 6.32. The van der Waals surface area contributed by atoms with Crippen molar-refractivity contribution in [2.75, 3.05) is 5.73 Å². The molecule has 0 radical (unpaired) electrons. The number of hydrogen-bond acceptors (Lipinski definition) is 4. The molecular weight excluding hydrogens is 310 g/mol. The lowest BCUT2D eigenvalue weighted by Gasteiger charge is -2.05.